The molecule has 0 radical (unpaired) electrons. The second kappa shape index (κ2) is 9.85. The van der Waals surface area contributed by atoms with Crippen molar-refractivity contribution in [2.24, 2.45) is 23.7 Å². The molecule has 12 atom stereocenters. The number of benzene rings is 2. The maximum Gasteiger partial charge on any atom is 0.0865 e. The van der Waals surface area contributed by atoms with Crippen LogP contribution in [0.4, 0.5) is 0 Å². The maximum atomic E-state index is 4.08. The third-order valence-corrected chi connectivity index (χ3v) is 11.5. The molecular formula is C32H44N8. The fraction of sp³-hybridized carbons (Fsp3) is 0.625. The molecule has 12 unspecified atom stereocenters. The van der Waals surface area contributed by atoms with Crippen molar-refractivity contribution in [1.82, 2.24) is 42.5 Å². The van der Waals surface area contributed by atoms with Gasteiger partial charge in [0.2, 0.25) is 0 Å². The normalized spacial score (nSPS) is 45.4. The molecule has 3 saturated heterocycles. The van der Waals surface area contributed by atoms with Crippen molar-refractivity contribution in [3.8, 4) is 0 Å². The molecule has 0 spiro atoms. The predicted octanol–water partition coefficient (Wildman–Crippen LogP) is 3.08. The molecule has 2 aliphatic carbocycles. The van der Waals surface area contributed by atoms with Gasteiger partial charge in [-0.25, -0.2) is 0 Å². The molecule has 2 aromatic carbocycles. The number of fused-ring (bicyclic) bond motifs is 20. The van der Waals surface area contributed by atoms with Gasteiger partial charge < -0.3 is 0 Å². The predicted molar refractivity (Wildman–Crippen MR) is 155 cm³/mol. The van der Waals surface area contributed by atoms with E-state index in [1.807, 2.05) is 0 Å². The summed E-state index contributed by atoms with van der Waals surface area (Å²) in [6.07, 6.45) is 12.1. The number of rotatable bonds is 0. The highest BCUT2D eigenvalue weighted by molar-refractivity contribution is 5.38. The van der Waals surface area contributed by atoms with Crippen LogP contribution in [0.5, 0.6) is 0 Å². The fourth-order valence-electron chi connectivity index (χ4n) is 9.64. The van der Waals surface area contributed by atoms with Crippen molar-refractivity contribution in [1.29, 1.82) is 0 Å². The van der Waals surface area contributed by atoms with Gasteiger partial charge in [-0.1, -0.05) is 74.2 Å². The quantitative estimate of drug-likeness (QED) is 0.258. The van der Waals surface area contributed by atoms with E-state index in [4.69, 9.17) is 0 Å². The van der Waals surface area contributed by atoms with Crippen molar-refractivity contribution < 1.29 is 0 Å². The number of hydrogen-bond acceptors (Lipinski definition) is 8. The molecule has 5 heterocycles. The van der Waals surface area contributed by atoms with Crippen LogP contribution in [0.2, 0.25) is 0 Å². The topological polar surface area (TPSA) is 96.2 Å². The molecule has 0 amide bonds. The minimum absolute atomic E-state index is 0.132. The van der Waals surface area contributed by atoms with Crippen LogP contribution < -0.4 is 42.5 Å². The Morgan fingerprint density at radius 2 is 0.625 bits per heavy atom. The lowest BCUT2D eigenvalue weighted by molar-refractivity contribution is 0.186. The number of nitrogens with one attached hydrogen (secondary N) is 8. The summed E-state index contributed by atoms with van der Waals surface area (Å²) >= 11 is 0. The summed E-state index contributed by atoms with van der Waals surface area (Å²) in [4.78, 5) is 0. The van der Waals surface area contributed by atoms with E-state index in [2.05, 4.69) is 91.1 Å². The largest absolute Gasteiger partial charge is 0.286 e. The van der Waals surface area contributed by atoms with Crippen molar-refractivity contribution in [2.75, 3.05) is 0 Å². The smallest absolute Gasteiger partial charge is 0.0865 e. The first kappa shape index (κ1) is 24.7. The Bertz CT molecular complexity index is 1070. The lowest BCUT2D eigenvalue weighted by Gasteiger charge is -2.33. The molecule has 2 saturated carbocycles. The average Bonchev–Trinajstić information content (AvgIpc) is 3.73. The molecule has 8 bridgehead atoms. The summed E-state index contributed by atoms with van der Waals surface area (Å²) in [5.41, 5.74) is 5.55. The van der Waals surface area contributed by atoms with Crippen LogP contribution >= 0.6 is 0 Å². The van der Waals surface area contributed by atoms with Crippen LogP contribution in [-0.4, -0.2) is 24.7 Å². The molecule has 2 aromatic rings. The monoisotopic (exact) mass is 540 g/mol. The van der Waals surface area contributed by atoms with E-state index in [-0.39, 0.29) is 49.3 Å². The van der Waals surface area contributed by atoms with Crippen molar-refractivity contribution in [3.63, 3.8) is 0 Å². The summed E-state index contributed by atoms with van der Waals surface area (Å²) in [6.45, 7) is 0. The van der Waals surface area contributed by atoms with Gasteiger partial charge in [0.25, 0.3) is 0 Å². The van der Waals surface area contributed by atoms with E-state index in [0.29, 0.717) is 23.7 Å². The van der Waals surface area contributed by atoms with Crippen LogP contribution in [0.25, 0.3) is 0 Å². The average molecular weight is 541 g/mol. The molecule has 8 heteroatoms. The molecule has 0 aromatic heterocycles. The zero-order valence-corrected chi connectivity index (χ0v) is 23.2. The fourth-order valence-corrected chi connectivity index (χ4v) is 9.64. The van der Waals surface area contributed by atoms with Gasteiger partial charge in [0.15, 0.2) is 0 Å². The minimum Gasteiger partial charge on any atom is -0.286 e. The van der Waals surface area contributed by atoms with Gasteiger partial charge in [-0.15, -0.1) is 0 Å². The van der Waals surface area contributed by atoms with Gasteiger partial charge in [-0.3, -0.25) is 42.5 Å². The molecule has 40 heavy (non-hydrogen) atoms. The number of hydrogen-bond donors (Lipinski definition) is 8. The third-order valence-electron chi connectivity index (χ3n) is 11.5. The van der Waals surface area contributed by atoms with E-state index < -0.39 is 0 Å². The first-order valence-electron chi connectivity index (χ1n) is 16.1. The molecule has 8 nitrogen and oxygen atoms in total. The molecule has 9 rings (SSSR count). The SMILES string of the molecule is c1ccc2c(c1)C1NC2NC2NC(NC3NC(NC4NC(N1)C1CCCCC41)c1ccccc13)C1CCCCC21. The van der Waals surface area contributed by atoms with E-state index in [9.17, 15) is 0 Å². The molecular weight excluding hydrogens is 496 g/mol. The van der Waals surface area contributed by atoms with Crippen LogP contribution in [0.15, 0.2) is 48.5 Å². The van der Waals surface area contributed by atoms with Crippen molar-refractivity contribution in [2.45, 2.75) is 101 Å². The summed E-state index contributed by atoms with van der Waals surface area (Å²) in [6, 6.07) is 18.0. The molecule has 7 aliphatic rings. The van der Waals surface area contributed by atoms with E-state index in [1.165, 1.54) is 73.6 Å². The summed E-state index contributed by atoms with van der Waals surface area (Å²) < 4.78 is 0. The summed E-state index contributed by atoms with van der Waals surface area (Å²) in [5, 5.41) is 32.4. The summed E-state index contributed by atoms with van der Waals surface area (Å²) in [5.74, 6) is 2.53. The Labute approximate surface area is 237 Å². The van der Waals surface area contributed by atoms with Crippen LogP contribution in [0, 0.1) is 23.7 Å². The Morgan fingerprint density at radius 1 is 0.350 bits per heavy atom. The highest BCUT2D eigenvalue weighted by Gasteiger charge is 2.49. The zero-order valence-electron chi connectivity index (χ0n) is 23.2. The van der Waals surface area contributed by atoms with E-state index >= 15 is 0 Å². The highest BCUT2D eigenvalue weighted by Crippen LogP contribution is 2.43. The Balaban J connectivity index is 1.10. The van der Waals surface area contributed by atoms with Gasteiger partial charge in [-0.2, -0.15) is 0 Å². The van der Waals surface area contributed by atoms with Crippen molar-refractivity contribution >= 4 is 0 Å². The Kier molecular flexibility index (Phi) is 6.08. The lowest BCUT2D eigenvalue weighted by atomic mass is 9.79. The Morgan fingerprint density at radius 3 is 0.900 bits per heavy atom. The van der Waals surface area contributed by atoms with Crippen molar-refractivity contribution in [3.05, 3.63) is 70.8 Å². The Hall–Kier alpha value is -1.88. The van der Waals surface area contributed by atoms with Crippen LogP contribution in [0.1, 0.15) is 98.3 Å². The van der Waals surface area contributed by atoms with Gasteiger partial charge in [0, 0.05) is 0 Å². The van der Waals surface area contributed by atoms with E-state index in [1.54, 1.807) is 0 Å². The zero-order chi connectivity index (χ0) is 26.2. The second-order valence-corrected chi connectivity index (χ2v) is 13.5. The standard InChI is InChI=1S/C32H44N8/c1-2-10-18-17(9-1)25-33-26(18)38-28-21-13-5-6-14-22(21)30(35-28)40-32-24-16-8-7-15-23(24)31(36-32)39-29-20-12-4-3-11-19(20)27(34-29)37-25/h1-2,7-10,15-16,19-22,25-40H,3-6,11-14H2. The molecule has 212 valence electrons. The molecule has 5 aliphatic heterocycles. The van der Waals surface area contributed by atoms with Crippen LogP contribution in [0.3, 0.4) is 0 Å². The third kappa shape index (κ3) is 3.96. The van der Waals surface area contributed by atoms with Crippen LogP contribution in [-0.2, 0) is 0 Å². The van der Waals surface area contributed by atoms with E-state index in [0.717, 1.165) is 0 Å². The van der Waals surface area contributed by atoms with Gasteiger partial charge in [0.1, 0.15) is 0 Å². The van der Waals surface area contributed by atoms with Gasteiger partial charge in [-0.05, 0) is 71.6 Å². The molecule has 8 N–H and O–H groups in total. The van der Waals surface area contributed by atoms with Gasteiger partial charge in [0.05, 0.1) is 49.3 Å². The first-order chi connectivity index (χ1) is 19.8. The second-order valence-electron chi connectivity index (χ2n) is 13.5. The van der Waals surface area contributed by atoms with Gasteiger partial charge >= 0.3 is 0 Å². The maximum absolute atomic E-state index is 4.08. The first-order valence-corrected chi connectivity index (χ1v) is 16.1. The highest BCUT2D eigenvalue weighted by atomic mass is 15.4. The summed E-state index contributed by atoms with van der Waals surface area (Å²) in [7, 11) is 0. The minimum atomic E-state index is 0.132. The lowest BCUT2D eigenvalue weighted by Crippen LogP contribution is -2.55. The molecule has 5 fully saturated rings.